The number of hydrogen-bond acceptors (Lipinski definition) is 2. The summed E-state index contributed by atoms with van der Waals surface area (Å²) in [4.78, 5) is 27.5. The van der Waals surface area contributed by atoms with Gasteiger partial charge in [0.15, 0.2) is 0 Å². The van der Waals surface area contributed by atoms with E-state index in [0.29, 0.717) is 29.6 Å². The quantitative estimate of drug-likeness (QED) is 0.597. The van der Waals surface area contributed by atoms with Crippen LogP contribution in [0.25, 0.3) is 0 Å². The minimum atomic E-state index is -4.42. The highest BCUT2D eigenvalue weighted by molar-refractivity contribution is 6.30. The zero-order valence-electron chi connectivity index (χ0n) is 18.7. The molecule has 1 heterocycles. The number of carbonyl (C=O) groups is 2. The maximum atomic E-state index is 13.1. The van der Waals surface area contributed by atoms with Crippen molar-refractivity contribution in [1.29, 1.82) is 0 Å². The highest BCUT2D eigenvalue weighted by Gasteiger charge is 2.32. The van der Waals surface area contributed by atoms with E-state index >= 15 is 0 Å². The van der Waals surface area contributed by atoms with Crippen LogP contribution >= 0.6 is 11.6 Å². The predicted molar refractivity (Wildman–Crippen MR) is 122 cm³/mol. The van der Waals surface area contributed by atoms with Crippen LogP contribution in [0.4, 0.5) is 13.2 Å². The molecule has 4 nitrogen and oxygen atoms in total. The topological polar surface area (TPSA) is 49.4 Å². The molecule has 0 aliphatic carbocycles. The molecule has 0 aromatic heterocycles. The van der Waals surface area contributed by atoms with Gasteiger partial charge in [0.05, 0.1) is 12.0 Å². The van der Waals surface area contributed by atoms with Crippen LogP contribution < -0.4 is 5.32 Å². The summed E-state index contributed by atoms with van der Waals surface area (Å²) in [7, 11) is 0. The number of nitrogens with one attached hydrogen (secondary N) is 1. The molecule has 2 aromatic rings. The molecule has 8 heteroatoms. The molecule has 1 aliphatic heterocycles. The van der Waals surface area contributed by atoms with Crippen LogP contribution in [-0.4, -0.2) is 35.8 Å². The van der Waals surface area contributed by atoms with Gasteiger partial charge in [0.2, 0.25) is 11.8 Å². The number of likely N-dealkylation sites (tertiary alicyclic amines) is 1. The van der Waals surface area contributed by atoms with Crippen LogP contribution in [0.3, 0.4) is 0 Å². The summed E-state index contributed by atoms with van der Waals surface area (Å²) in [5, 5.41) is 3.48. The minimum Gasteiger partial charge on any atom is -0.344 e. The Morgan fingerprint density at radius 1 is 1.03 bits per heavy atom. The summed E-state index contributed by atoms with van der Waals surface area (Å²) in [6.07, 6.45) is -2.85. The molecule has 2 amide bonds. The van der Waals surface area contributed by atoms with Gasteiger partial charge in [-0.3, -0.25) is 9.59 Å². The standard InChI is InChI=1S/C25H28ClF3N2O2/c1-16(2)23(30-22(32)15-17-3-7-20(8-4-17)25(27,28)29)24(33)31-13-11-19(12-14-31)18-5-9-21(26)10-6-18/h3-10,16,19,23H,11-15H2,1-2H3,(H,30,32)/t23-/m1/s1. The third kappa shape index (κ3) is 6.73. The van der Waals surface area contributed by atoms with Crippen molar-refractivity contribution in [2.24, 2.45) is 5.92 Å². The molecule has 1 N–H and O–H groups in total. The lowest BCUT2D eigenvalue weighted by atomic mass is 9.89. The van der Waals surface area contributed by atoms with Crippen molar-refractivity contribution in [3.05, 3.63) is 70.2 Å². The van der Waals surface area contributed by atoms with E-state index in [2.05, 4.69) is 5.32 Å². The number of alkyl halides is 3. The first-order chi connectivity index (χ1) is 15.5. The molecule has 0 radical (unpaired) electrons. The lowest BCUT2D eigenvalue weighted by Crippen LogP contribution is -2.53. The Labute approximate surface area is 197 Å². The molecule has 3 rings (SSSR count). The molecule has 0 bridgehead atoms. The third-order valence-corrected chi connectivity index (χ3v) is 6.30. The number of hydrogen-bond donors (Lipinski definition) is 1. The fraction of sp³-hybridized carbons (Fsp3) is 0.440. The average Bonchev–Trinajstić information content (AvgIpc) is 2.77. The third-order valence-electron chi connectivity index (χ3n) is 6.04. The Bertz CT molecular complexity index is 951. The maximum absolute atomic E-state index is 13.1. The molecule has 0 spiro atoms. The summed E-state index contributed by atoms with van der Waals surface area (Å²) in [6.45, 7) is 4.93. The number of amides is 2. The van der Waals surface area contributed by atoms with E-state index in [4.69, 9.17) is 11.6 Å². The van der Waals surface area contributed by atoms with Crippen LogP contribution in [0.5, 0.6) is 0 Å². The van der Waals surface area contributed by atoms with E-state index in [1.165, 1.54) is 17.7 Å². The molecule has 178 valence electrons. The van der Waals surface area contributed by atoms with E-state index in [9.17, 15) is 22.8 Å². The van der Waals surface area contributed by atoms with Crippen molar-refractivity contribution in [1.82, 2.24) is 10.2 Å². The number of nitrogens with zero attached hydrogens (tertiary/aromatic N) is 1. The van der Waals surface area contributed by atoms with Gasteiger partial charge in [-0.1, -0.05) is 49.7 Å². The Balaban J connectivity index is 1.56. The number of rotatable bonds is 6. The zero-order chi connectivity index (χ0) is 24.2. The van der Waals surface area contributed by atoms with Crippen molar-refractivity contribution >= 4 is 23.4 Å². The summed E-state index contributed by atoms with van der Waals surface area (Å²) < 4.78 is 38.2. The van der Waals surface area contributed by atoms with E-state index < -0.39 is 23.7 Å². The Morgan fingerprint density at radius 3 is 2.12 bits per heavy atom. The molecule has 1 aliphatic rings. The molecule has 0 saturated carbocycles. The van der Waals surface area contributed by atoms with Crippen LogP contribution in [0.1, 0.15) is 49.3 Å². The minimum absolute atomic E-state index is 0.0900. The van der Waals surface area contributed by atoms with Crippen LogP contribution in [0, 0.1) is 5.92 Å². The molecular weight excluding hydrogens is 453 g/mol. The van der Waals surface area contributed by atoms with E-state index in [-0.39, 0.29) is 18.2 Å². The summed E-state index contributed by atoms with van der Waals surface area (Å²) in [6, 6.07) is 11.6. The number of carbonyl (C=O) groups excluding carboxylic acids is 2. The van der Waals surface area contributed by atoms with Gasteiger partial charge in [-0.15, -0.1) is 0 Å². The molecule has 1 saturated heterocycles. The van der Waals surface area contributed by atoms with Gasteiger partial charge in [-0.2, -0.15) is 13.2 Å². The van der Waals surface area contributed by atoms with E-state index in [0.717, 1.165) is 25.0 Å². The Morgan fingerprint density at radius 2 is 1.61 bits per heavy atom. The van der Waals surface area contributed by atoms with Gasteiger partial charge in [-0.05, 0) is 60.1 Å². The first-order valence-electron chi connectivity index (χ1n) is 11.0. The SMILES string of the molecule is CC(C)[C@@H](NC(=O)Cc1ccc(C(F)(F)F)cc1)C(=O)N1CCC(c2ccc(Cl)cc2)CC1. The summed E-state index contributed by atoms with van der Waals surface area (Å²) in [5.41, 5.74) is 0.903. The monoisotopic (exact) mass is 480 g/mol. The number of benzene rings is 2. The maximum Gasteiger partial charge on any atom is 0.416 e. The molecule has 0 unspecified atom stereocenters. The fourth-order valence-corrected chi connectivity index (χ4v) is 4.23. The second-order valence-corrected chi connectivity index (χ2v) is 9.25. The van der Waals surface area contributed by atoms with E-state index in [1.807, 2.05) is 38.1 Å². The first kappa shape index (κ1) is 25.1. The van der Waals surface area contributed by atoms with Crippen LogP contribution in [0.2, 0.25) is 5.02 Å². The smallest absolute Gasteiger partial charge is 0.344 e. The Hall–Kier alpha value is -2.54. The van der Waals surface area contributed by atoms with Gasteiger partial charge in [0.25, 0.3) is 0 Å². The van der Waals surface area contributed by atoms with Gasteiger partial charge in [0.1, 0.15) is 6.04 Å². The largest absolute Gasteiger partial charge is 0.416 e. The van der Waals surface area contributed by atoms with Crippen molar-refractivity contribution < 1.29 is 22.8 Å². The summed E-state index contributed by atoms with van der Waals surface area (Å²) >= 11 is 5.96. The lowest BCUT2D eigenvalue weighted by molar-refractivity contribution is -0.138. The molecular formula is C25H28ClF3N2O2. The van der Waals surface area contributed by atoms with Crippen molar-refractivity contribution in [3.63, 3.8) is 0 Å². The second-order valence-electron chi connectivity index (χ2n) is 8.81. The Kier molecular flexibility index (Phi) is 8.05. The molecule has 1 fully saturated rings. The lowest BCUT2D eigenvalue weighted by Gasteiger charge is -2.35. The van der Waals surface area contributed by atoms with Crippen LogP contribution in [0.15, 0.2) is 48.5 Å². The normalized spacial score (nSPS) is 16.0. The van der Waals surface area contributed by atoms with Crippen molar-refractivity contribution in [2.75, 3.05) is 13.1 Å². The first-order valence-corrected chi connectivity index (χ1v) is 11.4. The van der Waals surface area contributed by atoms with Gasteiger partial charge in [-0.25, -0.2) is 0 Å². The second kappa shape index (κ2) is 10.6. The van der Waals surface area contributed by atoms with Gasteiger partial charge in [0, 0.05) is 18.1 Å². The zero-order valence-corrected chi connectivity index (χ0v) is 19.4. The van der Waals surface area contributed by atoms with Crippen molar-refractivity contribution in [2.45, 2.75) is 51.2 Å². The molecule has 1 atom stereocenters. The average molecular weight is 481 g/mol. The fourth-order valence-electron chi connectivity index (χ4n) is 4.10. The highest BCUT2D eigenvalue weighted by atomic mass is 35.5. The number of piperidine rings is 1. The predicted octanol–water partition coefficient (Wildman–Crippen LogP) is 5.45. The molecule has 2 aromatic carbocycles. The highest BCUT2D eigenvalue weighted by Crippen LogP contribution is 2.30. The van der Waals surface area contributed by atoms with Gasteiger partial charge >= 0.3 is 6.18 Å². The van der Waals surface area contributed by atoms with Gasteiger partial charge < -0.3 is 10.2 Å². The molecule has 33 heavy (non-hydrogen) atoms. The van der Waals surface area contributed by atoms with E-state index in [1.54, 1.807) is 4.90 Å². The van der Waals surface area contributed by atoms with Crippen molar-refractivity contribution in [3.8, 4) is 0 Å². The number of halogens is 4. The van der Waals surface area contributed by atoms with Crippen LogP contribution in [-0.2, 0) is 22.2 Å². The summed E-state index contributed by atoms with van der Waals surface area (Å²) in [5.74, 6) is -0.278.